The topological polar surface area (TPSA) is 120 Å². The summed E-state index contributed by atoms with van der Waals surface area (Å²) in [4.78, 5) is 36.8. The second-order valence-electron chi connectivity index (χ2n) is 9.12. The van der Waals surface area contributed by atoms with Crippen molar-refractivity contribution in [3.63, 3.8) is 0 Å². The molecule has 3 aromatic rings. The Morgan fingerprint density at radius 1 is 1.18 bits per heavy atom. The number of pyridine rings is 1. The van der Waals surface area contributed by atoms with Crippen LogP contribution in [-0.4, -0.2) is 85.5 Å². The number of carbonyl (C=O) groups is 1. The van der Waals surface area contributed by atoms with Gasteiger partial charge in [0.25, 0.3) is 5.56 Å². The molecule has 1 saturated heterocycles. The average Bonchev–Trinajstić information content (AvgIpc) is 3.43. The monoisotopic (exact) mass is 590 g/mol. The van der Waals surface area contributed by atoms with Crippen LogP contribution in [0.15, 0.2) is 35.8 Å². The predicted octanol–water partition coefficient (Wildman–Crippen LogP) is 3.22. The summed E-state index contributed by atoms with van der Waals surface area (Å²) < 4.78 is 17.5. The number of nitrogens with zero attached hydrogens (tertiary/aromatic N) is 4. The van der Waals surface area contributed by atoms with Crippen molar-refractivity contribution in [2.45, 2.75) is 19.0 Å². The van der Waals surface area contributed by atoms with Gasteiger partial charge in [-0.2, -0.15) is 4.98 Å². The smallest absolute Gasteiger partial charge is 0.260 e. The Kier molecular flexibility index (Phi) is 9.85. The first-order valence-corrected chi connectivity index (χ1v) is 13.5. The Morgan fingerprint density at radius 2 is 1.90 bits per heavy atom. The summed E-state index contributed by atoms with van der Waals surface area (Å²) in [6, 6.07) is 3.34. The Morgan fingerprint density at radius 3 is 2.55 bits per heavy atom. The molecule has 1 amide bonds. The van der Waals surface area contributed by atoms with Gasteiger partial charge < -0.3 is 29.7 Å². The highest BCUT2D eigenvalue weighted by atomic mass is 35.5. The molecule has 214 valence electrons. The Labute approximate surface area is 242 Å². The molecule has 4 rings (SSSR count). The van der Waals surface area contributed by atoms with E-state index in [0.29, 0.717) is 73.4 Å². The average molecular weight is 591 g/mol. The number of nitrogens with one attached hydrogen (secondary N) is 2. The van der Waals surface area contributed by atoms with Crippen molar-refractivity contribution >= 4 is 46.1 Å². The summed E-state index contributed by atoms with van der Waals surface area (Å²) >= 11 is 13.3. The van der Waals surface area contributed by atoms with Crippen LogP contribution in [0, 0.1) is 0 Å². The van der Waals surface area contributed by atoms with Gasteiger partial charge in [-0.1, -0.05) is 29.8 Å². The predicted molar refractivity (Wildman–Crippen MR) is 156 cm³/mol. The fourth-order valence-corrected chi connectivity index (χ4v) is 5.36. The number of benzene rings is 1. The summed E-state index contributed by atoms with van der Waals surface area (Å²) in [6.45, 7) is 6.51. The lowest BCUT2D eigenvalue weighted by atomic mass is 10.0. The summed E-state index contributed by atoms with van der Waals surface area (Å²) in [5, 5.41) is 7.54. The molecular formula is C27H32Cl2N6O5. The van der Waals surface area contributed by atoms with E-state index in [1.165, 1.54) is 20.3 Å². The molecule has 0 radical (unpaired) electrons. The van der Waals surface area contributed by atoms with Crippen molar-refractivity contribution in [3.05, 3.63) is 51.4 Å². The minimum absolute atomic E-state index is 0.0908. The third-order valence-electron chi connectivity index (χ3n) is 6.70. The first-order valence-electron chi connectivity index (χ1n) is 12.7. The number of likely N-dealkylation sites (tertiary alicyclic amines) is 1. The van der Waals surface area contributed by atoms with E-state index < -0.39 is 0 Å². The van der Waals surface area contributed by atoms with Gasteiger partial charge in [0.15, 0.2) is 0 Å². The number of carbonyl (C=O) groups excluding carboxylic acids is 1. The normalized spacial score (nSPS) is 14.9. The second kappa shape index (κ2) is 13.3. The van der Waals surface area contributed by atoms with Crippen LogP contribution in [0.4, 0.5) is 5.95 Å². The zero-order valence-corrected chi connectivity index (χ0v) is 24.1. The number of methoxy groups -OCH3 is 3. The van der Waals surface area contributed by atoms with Gasteiger partial charge in [0.2, 0.25) is 11.9 Å². The highest BCUT2D eigenvalue weighted by Crippen LogP contribution is 2.45. The number of hydrogen-bond donors (Lipinski definition) is 2. The molecule has 0 aliphatic carbocycles. The van der Waals surface area contributed by atoms with Crippen molar-refractivity contribution in [3.8, 4) is 22.6 Å². The number of fused-ring (bicyclic) bond motifs is 1. The van der Waals surface area contributed by atoms with Crippen molar-refractivity contribution in [1.29, 1.82) is 0 Å². The molecule has 0 saturated carbocycles. The highest BCUT2D eigenvalue weighted by Gasteiger charge is 2.25. The van der Waals surface area contributed by atoms with Gasteiger partial charge in [-0.25, -0.2) is 4.98 Å². The van der Waals surface area contributed by atoms with E-state index in [0.717, 1.165) is 6.42 Å². The highest BCUT2D eigenvalue weighted by molar-refractivity contribution is 6.41. The van der Waals surface area contributed by atoms with Crippen LogP contribution in [0.25, 0.3) is 22.2 Å². The third-order valence-corrected chi connectivity index (χ3v) is 7.45. The van der Waals surface area contributed by atoms with E-state index in [9.17, 15) is 9.59 Å². The van der Waals surface area contributed by atoms with Gasteiger partial charge in [-0.15, -0.1) is 0 Å². The van der Waals surface area contributed by atoms with Crippen LogP contribution in [0.3, 0.4) is 0 Å². The fraction of sp³-hybridized carbons (Fsp3) is 0.407. The van der Waals surface area contributed by atoms with E-state index in [1.807, 2.05) is 0 Å². The van der Waals surface area contributed by atoms with E-state index in [2.05, 4.69) is 27.2 Å². The number of rotatable bonds is 12. The quantitative estimate of drug-likeness (QED) is 0.242. The SMILES string of the molecule is C=CC(=O)N1CCC(NCCn2c(=O)c(-c3c(Cl)c(OC)cc(OC)c3Cl)cc3cnc(NCCOC)nc32)C1. The summed E-state index contributed by atoms with van der Waals surface area (Å²) in [5.41, 5.74) is 0.657. The molecule has 11 nitrogen and oxygen atoms in total. The maximum Gasteiger partial charge on any atom is 0.260 e. The summed E-state index contributed by atoms with van der Waals surface area (Å²) in [5.74, 6) is 0.914. The maximum absolute atomic E-state index is 14.0. The molecule has 3 heterocycles. The van der Waals surface area contributed by atoms with Crippen LogP contribution in [0.2, 0.25) is 10.0 Å². The molecule has 13 heteroatoms. The van der Waals surface area contributed by atoms with Crippen molar-refractivity contribution in [1.82, 2.24) is 24.8 Å². The standard InChI is InChI=1S/C27H32Cl2N6O5/c1-5-21(36)34-9-6-17(15-34)30-7-10-35-25-16(14-32-27(33-25)31-8-11-38-2)12-18(26(35)37)22-23(28)19(39-3)13-20(40-4)24(22)29/h5,12-14,17,30H,1,6-11,15H2,2-4H3,(H,31,32,33). The largest absolute Gasteiger partial charge is 0.495 e. The maximum atomic E-state index is 14.0. The van der Waals surface area contributed by atoms with Gasteiger partial charge in [0, 0.05) is 69.1 Å². The Bertz CT molecular complexity index is 1440. The first-order chi connectivity index (χ1) is 19.3. The number of anilines is 1. The third kappa shape index (κ3) is 6.17. The van der Waals surface area contributed by atoms with Crippen LogP contribution < -0.4 is 25.7 Å². The van der Waals surface area contributed by atoms with E-state index in [-0.39, 0.29) is 33.1 Å². The number of aromatic nitrogens is 3. The van der Waals surface area contributed by atoms with Gasteiger partial charge in [-0.3, -0.25) is 14.2 Å². The molecule has 0 bridgehead atoms. The minimum Gasteiger partial charge on any atom is -0.495 e. The Hall–Kier alpha value is -3.38. The van der Waals surface area contributed by atoms with E-state index >= 15 is 0 Å². The molecule has 1 unspecified atom stereocenters. The molecule has 1 aliphatic rings. The number of halogens is 2. The van der Waals surface area contributed by atoms with Crippen LogP contribution in [0.5, 0.6) is 11.5 Å². The zero-order chi connectivity index (χ0) is 28.8. The zero-order valence-electron chi connectivity index (χ0n) is 22.6. The van der Waals surface area contributed by atoms with Crippen molar-refractivity contribution in [2.75, 3.05) is 59.4 Å². The molecule has 2 aromatic heterocycles. The molecule has 1 atom stereocenters. The molecule has 1 aromatic carbocycles. The molecule has 1 aliphatic heterocycles. The van der Waals surface area contributed by atoms with Crippen molar-refractivity contribution in [2.24, 2.45) is 0 Å². The first kappa shape index (κ1) is 29.6. The number of amides is 1. The summed E-state index contributed by atoms with van der Waals surface area (Å²) in [7, 11) is 4.55. The van der Waals surface area contributed by atoms with Gasteiger partial charge >= 0.3 is 0 Å². The van der Waals surface area contributed by atoms with E-state index in [1.54, 1.807) is 34.9 Å². The molecule has 40 heavy (non-hydrogen) atoms. The lowest BCUT2D eigenvalue weighted by molar-refractivity contribution is -0.125. The fourth-order valence-electron chi connectivity index (χ4n) is 4.65. The summed E-state index contributed by atoms with van der Waals surface area (Å²) in [6.07, 6.45) is 3.76. The number of ether oxygens (including phenoxy) is 3. The minimum atomic E-state index is -0.343. The van der Waals surface area contributed by atoms with Crippen LogP contribution >= 0.6 is 23.2 Å². The molecule has 0 spiro atoms. The number of hydrogen-bond acceptors (Lipinski definition) is 9. The van der Waals surface area contributed by atoms with Gasteiger partial charge in [-0.05, 0) is 18.6 Å². The second-order valence-corrected chi connectivity index (χ2v) is 9.88. The van der Waals surface area contributed by atoms with Gasteiger partial charge in [0.1, 0.15) is 17.1 Å². The van der Waals surface area contributed by atoms with Crippen LogP contribution in [-0.2, 0) is 16.1 Å². The molecule has 1 fully saturated rings. The lowest BCUT2D eigenvalue weighted by Gasteiger charge is -2.18. The molecule has 2 N–H and O–H groups in total. The van der Waals surface area contributed by atoms with Crippen molar-refractivity contribution < 1.29 is 19.0 Å². The Balaban J connectivity index is 1.75. The lowest BCUT2D eigenvalue weighted by Crippen LogP contribution is -2.37. The van der Waals surface area contributed by atoms with Gasteiger partial charge in [0.05, 0.1) is 36.4 Å². The van der Waals surface area contributed by atoms with E-state index in [4.69, 9.17) is 37.4 Å². The molecular weight excluding hydrogens is 559 g/mol. The van der Waals surface area contributed by atoms with Crippen LogP contribution in [0.1, 0.15) is 6.42 Å².